The Morgan fingerprint density at radius 1 is 1.47 bits per heavy atom. The van der Waals surface area contributed by atoms with Crippen molar-refractivity contribution in [2.24, 2.45) is 7.05 Å². The lowest BCUT2D eigenvalue weighted by Crippen LogP contribution is -2.26. The Balaban J connectivity index is 1.90. The number of nitrogens with zero attached hydrogens (tertiary/aromatic N) is 2. The minimum atomic E-state index is -0.223. The number of hydrogen-bond acceptors (Lipinski definition) is 3. The van der Waals surface area contributed by atoms with Crippen molar-refractivity contribution >= 4 is 11.4 Å². The van der Waals surface area contributed by atoms with E-state index in [0.717, 1.165) is 11.3 Å². The van der Waals surface area contributed by atoms with E-state index < -0.39 is 0 Å². The third-order valence-electron chi connectivity index (χ3n) is 2.95. The largest absolute Gasteiger partial charge is 0.379 e. The molecule has 0 saturated carbocycles. The van der Waals surface area contributed by atoms with E-state index in [2.05, 4.69) is 15.7 Å². The van der Waals surface area contributed by atoms with E-state index in [0.29, 0.717) is 12.2 Å². The average Bonchev–Trinajstić information content (AvgIpc) is 2.76. The van der Waals surface area contributed by atoms with Gasteiger partial charge in [-0.1, -0.05) is 6.07 Å². The first-order valence-electron chi connectivity index (χ1n) is 5.51. The Kier molecular flexibility index (Phi) is 2.24. The van der Waals surface area contributed by atoms with Crippen LogP contribution in [0.15, 0.2) is 30.6 Å². The number of aryl methyl sites for hydroxylation is 1. The molecule has 17 heavy (non-hydrogen) atoms. The number of rotatable bonds is 1. The first kappa shape index (κ1) is 10.1. The Labute approximate surface area is 98.4 Å². The van der Waals surface area contributed by atoms with Crippen LogP contribution in [0.5, 0.6) is 0 Å². The third kappa shape index (κ3) is 1.73. The molecule has 0 amide bonds. The molecule has 5 heteroatoms. The highest BCUT2D eigenvalue weighted by molar-refractivity contribution is 5.72. The van der Waals surface area contributed by atoms with E-state index in [4.69, 9.17) is 0 Å². The van der Waals surface area contributed by atoms with Crippen molar-refractivity contribution in [1.82, 2.24) is 9.78 Å². The molecule has 0 aliphatic carbocycles. The minimum absolute atomic E-state index is 0.123. The summed E-state index contributed by atoms with van der Waals surface area (Å²) in [6.45, 7) is 0.652. The fourth-order valence-electron chi connectivity index (χ4n) is 2.09. The summed E-state index contributed by atoms with van der Waals surface area (Å²) < 4.78 is 15.2. The SMILES string of the molecule is Cn1cc(C2CNc3c(F)cccc3N2)cn1. The van der Waals surface area contributed by atoms with Gasteiger partial charge in [0, 0.05) is 25.4 Å². The van der Waals surface area contributed by atoms with Gasteiger partial charge in [0.05, 0.1) is 23.6 Å². The second kappa shape index (κ2) is 3.76. The van der Waals surface area contributed by atoms with Crippen LogP contribution in [0.1, 0.15) is 11.6 Å². The van der Waals surface area contributed by atoms with E-state index >= 15 is 0 Å². The number of hydrogen-bond donors (Lipinski definition) is 2. The molecular formula is C12H13FN4. The summed E-state index contributed by atoms with van der Waals surface area (Å²) in [5.74, 6) is -0.223. The molecule has 0 radical (unpaired) electrons. The van der Waals surface area contributed by atoms with Crippen LogP contribution < -0.4 is 10.6 Å². The number of aromatic nitrogens is 2. The molecule has 0 saturated heterocycles. The number of halogens is 1. The van der Waals surface area contributed by atoms with E-state index in [1.807, 2.05) is 25.5 Å². The predicted octanol–water partition coefficient (Wildman–Crippen LogP) is 2.14. The quantitative estimate of drug-likeness (QED) is 0.791. The molecule has 1 aromatic heterocycles. The minimum Gasteiger partial charge on any atom is -0.379 e. The number of benzene rings is 1. The molecule has 1 aliphatic heterocycles. The molecule has 4 nitrogen and oxygen atoms in total. The van der Waals surface area contributed by atoms with Gasteiger partial charge in [0.15, 0.2) is 0 Å². The average molecular weight is 232 g/mol. The molecule has 2 aromatic rings. The molecule has 1 unspecified atom stereocenters. The monoisotopic (exact) mass is 232 g/mol. The van der Waals surface area contributed by atoms with Gasteiger partial charge in [-0.3, -0.25) is 4.68 Å². The van der Waals surface area contributed by atoms with Crippen molar-refractivity contribution in [3.63, 3.8) is 0 Å². The Hall–Kier alpha value is -2.04. The molecule has 1 aliphatic rings. The molecule has 0 bridgehead atoms. The molecule has 2 heterocycles. The Morgan fingerprint density at radius 2 is 2.35 bits per heavy atom. The van der Waals surface area contributed by atoms with Crippen LogP contribution in [0, 0.1) is 5.82 Å². The van der Waals surface area contributed by atoms with Crippen molar-refractivity contribution in [1.29, 1.82) is 0 Å². The zero-order chi connectivity index (χ0) is 11.8. The highest BCUT2D eigenvalue weighted by atomic mass is 19.1. The van der Waals surface area contributed by atoms with Crippen molar-refractivity contribution < 1.29 is 4.39 Å². The Bertz CT molecular complexity index is 549. The summed E-state index contributed by atoms with van der Waals surface area (Å²) in [5.41, 5.74) is 2.44. The van der Waals surface area contributed by atoms with Crippen molar-refractivity contribution in [2.45, 2.75) is 6.04 Å². The van der Waals surface area contributed by atoms with Gasteiger partial charge < -0.3 is 10.6 Å². The molecule has 1 aromatic carbocycles. The summed E-state index contributed by atoms with van der Waals surface area (Å²) in [5, 5.41) is 10.6. The highest BCUT2D eigenvalue weighted by Crippen LogP contribution is 2.32. The van der Waals surface area contributed by atoms with Crippen LogP contribution in [0.2, 0.25) is 0 Å². The van der Waals surface area contributed by atoms with Gasteiger partial charge in [0.2, 0.25) is 0 Å². The first-order valence-corrected chi connectivity index (χ1v) is 5.51. The van der Waals surface area contributed by atoms with E-state index in [1.54, 1.807) is 10.7 Å². The Morgan fingerprint density at radius 3 is 3.12 bits per heavy atom. The molecule has 3 rings (SSSR count). The fourth-order valence-corrected chi connectivity index (χ4v) is 2.09. The number of fused-ring (bicyclic) bond motifs is 1. The van der Waals surface area contributed by atoms with Crippen molar-refractivity contribution in [3.8, 4) is 0 Å². The maximum Gasteiger partial charge on any atom is 0.148 e. The summed E-state index contributed by atoms with van der Waals surface area (Å²) in [6, 6.07) is 5.15. The topological polar surface area (TPSA) is 41.9 Å². The summed E-state index contributed by atoms with van der Waals surface area (Å²) >= 11 is 0. The lowest BCUT2D eigenvalue weighted by atomic mass is 10.1. The lowest BCUT2D eigenvalue weighted by Gasteiger charge is -2.27. The number of nitrogens with one attached hydrogen (secondary N) is 2. The number of para-hydroxylation sites is 1. The zero-order valence-electron chi connectivity index (χ0n) is 9.44. The third-order valence-corrected chi connectivity index (χ3v) is 2.95. The normalized spacial score (nSPS) is 18.1. The van der Waals surface area contributed by atoms with Gasteiger partial charge in [0.1, 0.15) is 5.82 Å². The molecular weight excluding hydrogens is 219 g/mol. The second-order valence-electron chi connectivity index (χ2n) is 4.19. The van der Waals surface area contributed by atoms with Crippen LogP contribution in [-0.2, 0) is 7.05 Å². The lowest BCUT2D eigenvalue weighted by molar-refractivity contribution is 0.626. The van der Waals surface area contributed by atoms with Crippen molar-refractivity contribution in [2.75, 3.05) is 17.2 Å². The summed E-state index contributed by atoms with van der Waals surface area (Å²) in [7, 11) is 1.88. The fraction of sp³-hybridized carbons (Fsp3) is 0.250. The zero-order valence-corrected chi connectivity index (χ0v) is 9.44. The molecule has 88 valence electrons. The molecule has 1 atom stereocenters. The predicted molar refractivity (Wildman–Crippen MR) is 64.5 cm³/mol. The van der Waals surface area contributed by atoms with Crippen molar-refractivity contribution in [3.05, 3.63) is 42.0 Å². The molecule has 2 N–H and O–H groups in total. The second-order valence-corrected chi connectivity index (χ2v) is 4.19. The van der Waals surface area contributed by atoms with Gasteiger partial charge in [-0.2, -0.15) is 5.10 Å². The van der Waals surface area contributed by atoms with Crippen LogP contribution in [0.25, 0.3) is 0 Å². The van der Waals surface area contributed by atoms with Gasteiger partial charge >= 0.3 is 0 Å². The van der Waals surface area contributed by atoms with E-state index in [1.165, 1.54) is 6.07 Å². The summed E-state index contributed by atoms with van der Waals surface area (Å²) in [6.07, 6.45) is 3.78. The van der Waals surface area contributed by atoms with Crippen LogP contribution in [0.4, 0.5) is 15.8 Å². The smallest absolute Gasteiger partial charge is 0.148 e. The summed E-state index contributed by atoms with van der Waals surface area (Å²) in [4.78, 5) is 0. The highest BCUT2D eigenvalue weighted by Gasteiger charge is 2.21. The van der Waals surface area contributed by atoms with Gasteiger partial charge in [-0.25, -0.2) is 4.39 Å². The maximum absolute atomic E-state index is 13.5. The first-order chi connectivity index (χ1) is 8.24. The van der Waals surface area contributed by atoms with E-state index in [9.17, 15) is 4.39 Å². The van der Waals surface area contributed by atoms with Gasteiger partial charge in [0.25, 0.3) is 0 Å². The van der Waals surface area contributed by atoms with Gasteiger partial charge in [-0.15, -0.1) is 0 Å². The van der Waals surface area contributed by atoms with Crippen LogP contribution in [0.3, 0.4) is 0 Å². The van der Waals surface area contributed by atoms with Gasteiger partial charge in [-0.05, 0) is 12.1 Å². The van der Waals surface area contributed by atoms with Crippen LogP contribution in [-0.4, -0.2) is 16.3 Å². The maximum atomic E-state index is 13.5. The number of anilines is 2. The molecule has 0 spiro atoms. The standard InChI is InChI=1S/C12H13FN4/c1-17-7-8(5-15-17)11-6-14-12-9(13)3-2-4-10(12)16-11/h2-5,7,11,14,16H,6H2,1H3. The van der Waals surface area contributed by atoms with Crippen LogP contribution >= 0.6 is 0 Å². The van der Waals surface area contributed by atoms with E-state index in [-0.39, 0.29) is 11.9 Å². The molecule has 0 fully saturated rings.